The molecule has 0 spiro atoms. The maximum Gasteiger partial charge on any atom is 0.324 e. The van der Waals surface area contributed by atoms with Crippen LogP contribution < -0.4 is 25.7 Å². The summed E-state index contributed by atoms with van der Waals surface area (Å²) in [5.41, 5.74) is 2.18. The molecule has 0 saturated carbocycles. The van der Waals surface area contributed by atoms with Gasteiger partial charge in [-0.05, 0) is 23.1 Å². The van der Waals surface area contributed by atoms with Gasteiger partial charge in [0.1, 0.15) is 17.1 Å². The molecule has 12 nitrogen and oxygen atoms in total. The van der Waals surface area contributed by atoms with Crippen LogP contribution in [0, 0.1) is 0 Å². The molecule has 0 aliphatic carbocycles. The lowest BCUT2D eigenvalue weighted by atomic mass is 9.92. The molecule has 0 aliphatic heterocycles. The van der Waals surface area contributed by atoms with Crippen LogP contribution in [0.25, 0.3) is 27.6 Å². The average molecular weight is 720 g/mol. The largest absolute Gasteiger partial charge is 0.481 e. The number of nitrogens with zero attached hydrogens (tertiary/aromatic N) is 5. The summed E-state index contributed by atoms with van der Waals surface area (Å²) in [6, 6.07) is 17.7. The van der Waals surface area contributed by atoms with Crippen molar-refractivity contribution in [2.24, 2.45) is 0 Å². The number of aromatic nitrogens is 6. The Hall–Kier alpha value is -5.05. The van der Waals surface area contributed by atoms with Crippen LogP contribution >= 0.6 is 22.6 Å². The van der Waals surface area contributed by atoms with Crippen molar-refractivity contribution in [2.75, 3.05) is 22.6 Å². The maximum atomic E-state index is 13.3. The van der Waals surface area contributed by atoms with Gasteiger partial charge in [0.15, 0.2) is 11.4 Å². The number of benzene rings is 2. The fourth-order valence-electron chi connectivity index (χ4n) is 4.52. The van der Waals surface area contributed by atoms with E-state index >= 15 is 0 Å². The zero-order valence-electron chi connectivity index (χ0n) is 26.0. The number of aromatic amines is 1. The molecule has 0 saturated heterocycles. The molecular formula is C32H31IN8O4. The number of alkyl halides is 1. The first kappa shape index (κ1) is 30.0. The number of hydrogen-bond acceptors (Lipinski definition) is 8. The topological polar surface area (TPSA) is 149 Å². The Morgan fingerprint density at radius 1 is 0.978 bits per heavy atom. The van der Waals surface area contributed by atoms with E-state index in [0.29, 0.717) is 50.6 Å². The van der Waals surface area contributed by atoms with Crippen LogP contribution in [0.5, 0.6) is 17.4 Å². The molecule has 0 bridgehead atoms. The second kappa shape index (κ2) is 13.3. The second-order valence-electron chi connectivity index (χ2n) is 10.7. The molecule has 6 rings (SSSR count). The smallest absolute Gasteiger partial charge is 0.324 e. The van der Waals surface area contributed by atoms with Crippen LogP contribution in [0.4, 0.5) is 16.3 Å². The molecule has 2 aromatic carbocycles. The monoisotopic (exact) mass is 719 g/mol. The second-order valence-corrected chi connectivity index (χ2v) is 10.7. The van der Waals surface area contributed by atoms with Crippen LogP contribution in [0.1, 0.15) is 27.8 Å². The van der Waals surface area contributed by atoms with Crippen molar-refractivity contribution in [3.63, 3.8) is 0 Å². The van der Waals surface area contributed by atoms with E-state index in [4.69, 9.17) is 15.9 Å². The number of H-pyrrole nitrogens is 1. The van der Waals surface area contributed by atoms with Gasteiger partial charge in [-0.1, -0.05) is 67.6 Å². The quantitative estimate of drug-likeness (QED) is 0.125. The molecule has 0 radical (unpaired) electrons. The van der Waals surface area contributed by atoms with Crippen LogP contribution in [-0.2, 0) is 5.41 Å². The van der Waals surface area contributed by atoms with Crippen molar-refractivity contribution >= 4 is 62.1 Å². The van der Waals surface area contributed by atoms with E-state index < -0.39 is 6.03 Å². The predicted molar refractivity (Wildman–Crippen MR) is 183 cm³/mol. The van der Waals surface area contributed by atoms with Crippen LogP contribution in [0.15, 0.2) is 84.0 Å². The minimum Gasteiger partial charge on any atom is -0.481 e. The van der Waals surface area contributed by atoms with Crippen molar-refractivity contribution in [1.82, 2.24) is 29.7 Å². The van der Waals surface area contributed by atoms with Crippen molar-refractivity contribution < 1.29 is 15.6 Å². The lowest BCUT2D eigenvalue weighted by Crippen LogP contribution is -2.21. The number of nitrogens with one attached hydrogen (secondary N) is 3. The van der Waals surface area contributed by atoms with E-state index in [1.54, 1.807) is 42.3 Å². The summed E-state index contributed by atoms with van der Waals surface area (Å²) < 4.78 is 19.3. The molecule has 2 amide bonds. The van der Waals surface area contributed by atoms with Gasteiger partial charge in [0, 0.05) is 42.0 Å². The van der Waals surface area contributed by atoms with Crippen molar-refractivity contribution in [1.29, 1.82) is 0 Å². The highest BCUT2D eigenvalue weighted by Gasteiger charge is 2.22. The van der Waals surface area contributed by atoms with Gasteiger partial charge in [-0.2, -0.15) is 5.10 Å². The summed E-state index contributed by atoms with van der Waals surface area (Å²) in [5, 5.41) is 12.2. The Balaban J connectivity index is 0.00000134. The summed E-state index contributed by atoms with van der Waals surface area (Å²) in [6.45, 7) is 6.15. The van der Waals surface area contributed by atoms with Gasteiger partial charge in [-0.3, -0.25) is 10.1 Å². The standard InChI is InChI=1S/C31H28N8O4.CH3I/c1-31(2,3)24-15-25(39(38-24)18-9-12-27(42-4)33-16-18)36-30(41)35-21-10-11-22(20-8-6-5-7-19(20)21)43-23-13-14-32-29-28(23)34-17-26(40)37-29;1-2/h5-17H,1-4H3,(H,32,37,40)(H2,35,36,41);1H3/i;1D. The van der Waals surface area contributed by atoms with E-state index in [1.807, 2.05) is 59.0 Å². The van der Waals surface area contributed by atoms with Crippen molar-refractivity contribution in [2.45, 2.75) is 26.2 Å². The normalized spacial score (nSPS) is 11.4. The zero-order chi connectivity index (χ0) is 32.8. The Kier molecular flexibility index (Phi) is 8.86. The first-order valence-electron chi connectivity index (χ1n) is 14.4. The minimum absolute atomic E-state index is 0.255. The third-order valence-electron chi connectivity index (χ3n) is 6.69. The maximum absolute atomic E-state index is 13.3. The Morgan fingerprint density at radius 2 is 1.76 bits per heavy atom. The summed E-state index contributed by atoms with van der Waals surface area (Å²) in [7, 11) is 1.55. The molecule has 0 aliphatic rings. The van der Waals surface area contributed by atoms with Gasteiger partial charge < -0.3 is 19.8 Å². The third-order valence-corrected chi connectivity index (χ3v) is 6.69. The number of rotatable bonds is 6. The highest BCUT2D eigenvalue weighted by atomic mass is 127. The number of carbonyl (C=O) groups is 1. The van der Waals surface area contributed by atoms with E-state index in [0.717, 1.165) is 16.5 Å². The molecule has 230 valence electrons. The number of carbonyl (C=O) groups excluding carboxylic acids is 1. The van der Waals surface area contributed by atoms with E-state index in [9.17, 15) is 9.59 Å². The van der Waals surface area contributed by atoms with E-state index in [-0.39, 0.29) is 11.0 Å². The minimum atomic E-state index is -0.449. The van der Waals surface area contributed by atoms with Gasteiger partial charge in [0.2, 0.25) is 5.88 Å². The number of urea groups is 1. The first-order valence-corrected chi connectivity index (χ1v) is 15.2. The number of pyridine rings is 2. The van der Waals surface area contributed by atoms with Gasteiger partial charge in [-0.25, -0.2) is 24.4 Å². The van der Waals surface area contributed by atoms with Gasteiger partial charge >= 0.3 is 6.03 Å². The SMILES string of the molecule is COc1ccc(-n2nc(C(C)(C)C)cc2NC(=O)Nc2ccc(Oc3ccnc4[nH]c(=O)cnc34)c3ccccc23)cn1.[2H]CI. The zero-order valence-corrected chi connectivity index (χ0v) is 27.1. The Labute approximate surface area is 273 Å². The molecule has 4 aromatic heterocycles. The number of hydrogen-bond donors (Lipinski definition) is 3. The molecule has 0 atom stereocenters. The van der Waals surface area contributed by atoms with Crippen molar-refractivity contribution in [3.8, 4) is 23.1 Å². The summed E-state index contributed by atoms with van der Waals surface area (Å²) >= 11 is 1.96. The highest BCUT2D eigenvalue weighted by Crippen LogP contribution is 2.36. The van der Waals surface area contributed by atoms with Gasteiger partial charge in [-0.15, -0.1) is 0 Å². The molecule has 3 N–H and O–H groups in total. The fraction of sp³-hybridized carbons (Fsp3) is 0.188. The molecule has 6 aromatic rings. The number of halogens is 1. The van der Waals surface area contributed by atoms with Gasteiger partial charge in [0.25, 0.3) is 5.56 Å². The molecule has 45 heavy (non-hydrogen) atoms. The van der Waals surface area contributed by atoms with Crippen LogP contribution in [0.2, 0.25) is 0 Å². The lowest BCUT2D eigenvalue weighted by Gasteiger charge is -2.14. The van der Waals surface area contributed by atoms with Gasteiger partial charge in [0.05, 0.1) is 36.6 Å². The predicted octanol–water partition coefficient (Wildman–Crippen LogP) is 6.85. The first-order chi connectivity index (χ1) is 22.1. The summed E-state index contributed by atoms with van der Waals surface area (Å²) in [5.74, 6) is 1.93. The van der Waals surface area contributed by atoms with Crippen LogP contribution in [0.3, 0.4) is 0 Å². The molecular weight excluding hydrogens is 687 g/mol. The Bertz CT molecular complexity index is 2060. The fourth-order valence-corrected chi connectivity index (χ4v) is 4.52. The van der Waals surface area contributed by atoms with E-state index in [2.05, 4.69) is 51.3 Å². The molecule has 13 heteroatoms. The van der Waals surface area contributed by atoms with Crippen molar-refractivity contribution in [3.05, 3.63) is 95.3 Å². The number of methoxy groups -OCH3 is 1. The highest BCUT2D eigenvalue weighted by molar-refractivity contribution is 14.1. The molecule has 0 fully saturated rings. The summed E-state index contributed by atoms with van der Waals surface area (Å²) in [4.78, 5) is 40.8. The number of ether oxygens (including phenoxy) is 2. The number of anilines is 2. The number of fused-ring (bicyclic) bond motifs is 2. The average Bonchev–Trinajstić information content (AvgIpc) is 3.47. The molecule has 4 heterocycles. The van der Waals surface area contributed by atoms with Crippen LogP contribution in [-0.4, -0.2) is 47.8 Å². The summed E-state index contributed by atoms with van der Waals surface area (Å²) in [6.07, 6.45) is 4.35. The lowest BCUT2D eigenvalue weighted by molar-refractivity contribution is 0.262. The van der Waals surface area contributed by atoms with E-state index in [1.165, 1.54) is 12.4 Å². The molecule has 0 unspecified atom stereocenters. The third kappa shape index (κ3) is 6.87. The Morgan fingerprint density at radius 3 is 2.47 bits per heavy atom. The number of amides is 2.